The number of fused-ring (bicyclic) bond motifs is 1. The van der Waals surface area contributed by atoms with E-state index >= 15 is 0 Å². The minimum absolute atomic E-state index is 0.0245. The van der Waals surface area contributed by atoms with E-state index in [4.69, 9.17) is 5.26 Å². The van der Waals surface area contributed by atoms with Crippen molar-refractivity contribution in [2.75, 3.05) is 13.1 Å². The van der Waals surface area contributed by atoms with E-state index < -0.39 is 4.92 Å². The van der Waals surface area contributed by atoms with Crippen LogP contribution in [0.15, 0.2) is 42.7 Å². The van der Waals surface area contributed by atoms with Crippen molar-refractivity contribution in [2.24, 2.45) is 0 Å². The normalized spacial score (nSPS) is 15.0. The summed E-state index contributed by atoms with van der Waals surface area (Å²) >= 11 is 0. The Bertz CT molecular complexity index is 1190. The van der Waals surface area contributed by atoms with E-state index in [-0.39, 0.29) is 17.6 Å². The molecule has 2 aromatic heterocycles. The van der Waals surface area contributed by atoms with Crippen molar-refractivity contribution in [3.8, 4) is 6.07 Å². The number of aromatic nitrogens is 2. The summed E-state index contributed by atoms with van der Waals surface area (Å²) in [5.74, 6) is -0.272. The van der Waals surface area contributed by atoms with Gasteiger partial charge in [-0.3, -0.25) is 19.8 Å². The zero-order valence-corrected chi connectivity index (χ0v) is 17.1. The number of carbonyl (C=O) groups is 1. The lowest BCUT2D eigenvalue weighted by atomic mass is 10.0. The Kier molecular flexibility index (Phi) is 5.64. The molecular formula is C22H22N6O3. The van der Waals surface area contributed by atoms with Gasteiger partial charge < -0.3 is 5.32 Å². The molecule has 3 heterocycles. The monoisotopic (exact) mass is 418 g/mol. The van der Waals surface area contributed by atoms with Crippen molar-refractivity contribution in [2.45, 2.75) is 32.4 Å². The van der Waals surface area contributed by atoms with Gasteiger partial charge in [0.2, 0.25) is 0 Å². The van der Waals surface area contributed by atoms with E-state index in [1.807, 2.05) is 12.3 Å². The van der Waals surface area contributed by atoms with Gasteiger partial charge in [-0.1, -0.05) is 6.07 Å². The van der Waals surface area contributed by atoms with Crippen molar-refractivity contribution < 1.29 is 9.72 Å². The van der Waals surface area contributed by atoms with Crippen LogP contribution < -0.4 is 5.32 Å². The standard InChI is InChI=1S/C22H22N6O3/c1-15-2-3-19(28(30)31)11-20(15)22(29)25-18-5-7-26(8-6-18)14-17-13-24-27-9-4-16(12-23)10-21(17)27/h2-4,9-11,13,18H,5-8,14H2,1H3,(H,25,29). The average Bonchev–Trinajstić information content (AvgIpc) is 3.17. The van der Waals surface area contributed by atoms with Gasteiger partial charge in [-0.25, -0.2) is 4.52 Å². The highest BCUT2D eigenvalue weighted by molar-refractivity contribution is 5.96. The molecule has 0 bridgehead atoms. The molecular weight excluding hydrogens is 396 g/mol. The van der Waals surface area contributed by atoms with Crippen molar-refractivity contribution in [1.29, 1.82) is 5.26 Å². The van der Waals surface area contributed by atoms with Crippen LogP contribution >= 0.6 is 0 Å². The molecule has 1 aromatic carbocycles. The Balaban J connectivity index is 1.36. The second kappa shape index (κ2) is 8.53. The van der Waals surface area contributed by atoms with Gasteiger partial charge in [-0.05, 0) is 37.5 Å². The van der Waals surface area contributed by atoms with Gasteiger partial charge in [-0.15, -0.1) is 0 Å². The van der Waals surface area contributed by atoms with Crippen LogP contribution in [0.3, 0.4) is 0 Å². The highest BCUT2D eigenvalue weighted by atomic mass is 16.6. The molecule has 0 aliphatic carbocycles. The first-order valence-corrected chi connectivity index (χ1v) is 10.1. The number of nitro benzene ring substituents is 1. The Morgan fingerprint density at radius 2 is 2.10 bits per heavy atom. The summed E-state index contributed by atoms with van der Waals surface area (Å²) in [5, 5.41) is 27.5. The number of non-ortho nitro benzene ring substituents is 1. The minimum atomic E-state index is -0.491. The lowest BCUT2D eigenvalue weighted by Gasteiger charge is -2.32. The van der Waals surface area contributed by atoms with E-state index in [1.54, 1.807) is 29.8 Å². The van der Waals surface area contributed by atoms with Crippen molar-refractivity contribution >= 4 is 17.1 Å². The first-order valence-electron chi connectivity index (χ1n) is 10.1. The topological polar surface area (TPSA) is 117 Å². The lowest BCUT2D eigenvalue weighted by molar-refractivity contribution is -0.384. The van der Waals surface area contributed by atoms with Crippen LogP contribution in [0.4, 0.5) is 5.69 Å². The third kappa shape index (κ3) is 4.39. The zero-order valence-electron chi connectivity index (χ0n) is 17.1. The highest BCUT2D eigenvalue weighted by Crippen LogP contribution is 2.20. The molecule has 4 rings (SSSR count). The second-order valence-electron chi connectivity index (χ2n) is 7.81. The number of aryl methyl sites for hydroxylation is 1. The maximum Gasteiger partial charge on any atom is 0.270 e. The SMILES string of the molecule is Cc1ccc([N+](=O)[O-])cc1C(=O)NC1CCN(Cc2cnn3ccc(C#N)cc23)CC1. The number of pyridine rings is 1. The first kappa shape index (κ1) is 20.5. The molecule has 158 valence electrons. The van der Waals surface area contributed by atoms with Gasteiger partial charge in [0.05, 0.1) is 28.3 Å². The lowest BCUT2D eigenvalue weighted by Crippen LogP contribution is -2.44. The number of hydrogen-bond donors (Lipinski definition) is 1. The third-order valence-corrected chi connectivity index (χ3v) is 5.72. The average molecular weight is 418 g/mol. The fourth-order valence-corrected chi connectivity index (χ4v) is 3.93. The predicted octanol–water partition coefficient (Wildman–Crippen LogP) is 2.82. The molecule has 9 nitrogen and oxygen atoms in total. The molecule has 3 aromatic rings. The van der Waals surface area contributed by atoms with Gasteiger partial charge in [0.15, 0.2) is 0 Å². The molecule has 0 spiro atoms. The largest absolute Gasteiger partial charge is 0.349 e. The van der Waals surface area contributed by atoms with Crippen LogP contribution in [0.2, 0.25) is 0 Å². The van der Waals surface area contributed by atoms with Gasteiger partial charge in [0, 0.05) is 55.1 Å². The van der Waals surface area contributed by atoms with Crippen LogP contribution in [0.1, 0.15) is 39.9 Å². The number of benzene rings is 1. The second-order valence-corrected chi connectivity index (χ2v) is 7.81. The van der Waals surface area contributed by atoms with Gasteiger partial charge in [0.25, 0.3) is 11.6 Å². The summed E-state index contributed by atoms with van der Waals surface area (Å²) in [6.07, 6.45) is 5.20. The molecule has 0 saturated carbocycles. The smallest absolute Gasteiger partial charge is 0.270 e. The van der Waals surface area contributed by atoms with Crippen LogP contribution in [0.25, 0.3) is 5.52 Å². The number of nitro groups is 1. The van der Waals surface area contributed by atoms with Crippen LogP contribution in [-0.4, -0.2) is 44.5 Å². The molecule has 1 fully saturated rings. The van der Waals surface area contributed by atoms with Gasteiger partial charge >= 0.3 is 0 Å². The highest BCUT2D eigenvalue weighted by Gasteiger charge is 2.23. The maximum atomic E-state index is 12.7. The third-order valence-electron chi connectivity index (χ3n) is 5.72. The minimum Gasteiger partial charge on any atom is -0.349 e. The maximum absolute atomic E-state index is 12.7. The Morgan fingerprint density at radius 3 is 2.81 bits per heavy atom. The number of amides is 1. The van der Waals surface area contributed by atoms with Crippen LogP contribution in [-0.2, 0) is 6.54 Å². The molecule has 0 unspecified atom stereocenters. The van der Waals surface area contributed by atoms with Crippen molar-refractivity contribution in [3.63, 3.8) is 0 Å². The fraction of sp³-hybridized carbons (Fsp3) is 0.318. The summed E-state index contributed by atoms with van der Waals surface area (Å²) in [6, 6.07) is 10.1. The number of nitrogens with one attached hydrogen (secondary N) is 1. The summed E-state index contributed by atoms with van der Waals surface area (Å²) in [6.45, 7) is 4.13. The molecule has 1 N–H and O–H groups in total. The molecule has 1 aliphatic heterocycles. The fourth-order valence-electron chi connectivity index (χ4n) is 3.93. The molecule has 1 amide bonds. The van der Waals surface area contributed by atoms with E-state index in [2.05, 4.69) is 21.4 Å². The number of likely N-dealkylation sites (tertiary alicyclic amines) is 1. The predicted molar refractivity (Wildman–Crippen MR) is 114 cm³/mol. The molecule has 1 aliphatic rings. The number of piperidine rings is 1. The zero-order chi connectivity index (χ0) is 22.0. The number of rotatable bonds is 5. The van der Waals surface area contributed by atoms with E-state index in [1.165, 1.54) is 12.1 Å². The van der Waals surface area contributed by atoms with Crippen LogP contribution in [0, 0.1) is 28.4 Å². The first-order chi connectivity index (χ1) is 14.9. The Morgan fingerprint density at radius 1 is 1.32 bits per heavy atom. The van der Waals surface area contributed by atoms with Gasteiger partial charge in [0.1, 0.15) is 0 Å². The molecule has 1 saturated heterocycles. The Hall–Kier alpha value is -3.77. The molecule has 0 atom stereocenters. The van der Waals surface area contributed by atoms with E-state index in [0.29, 0.717) is 16.7 Å². The van der Waals surface area contributed by atoms with Gasteiger partial charge in [-0.2, -0.15) is 10.4 Å². The van der Waals surface area contributed by atoms with Crippen molar-refractivity contribution in [3.05, 3.63) is 75.1 Å². The Labute approximate surface area is 179 Å². The summed E-state index contributed by atoms with van der Waals surface area (Å²) < 4.78 is 1.77. The molecule has 0 radical (unpaired) electrons. The summed E-state index contributed by atoms with van der Waals surface area (Å²) in [7, 11) is 0. The van der Waals surface area contributed by atoms with E-state index in [9.17, 15) is 14.9 Å². The quantitative estimate of drug-likeness (QED) is 0.503. The number of hydrogen-bond acceptors (Lipinski definition) is 6. The summed E-state index contributed by atoms with van der Waals surface area (Å²) in [4.78, 5) is 25.5. The summed E-state index contributed by atoms with van der Waals surface area (Å²) in [5.41, 5.74) is 3.56. The van der Waals surface area contributed by atoms with Crippen LogP contribution in [0.5, 0.6) is 0 Å². The molecule has 9 heteroatoms. The van der Waals surface area contributed by atoms with Crippen molar-refractivity contribution in [1.82, 2.24) is 19.8 Å². The van der Waals surface area contributed by atoms with E-state index in [0.717, 1.165) is 43.6 Å². The number of carbonyl (C=O) groups excluding carboxylic acids is 1. The number of nitriles is 1. The molecule has 31 heavy (non-hydrogen) atoms. The number of nitrogens with zero attached hydrogens (tertiary/aromatic N) is 5.